The van der Waals surface area contributed by atoms with E-state index in [2.05, 4.69) is 12.5 Å². The molecule has 1 aromatic carbocycles. The van der Waals surface area contributed by atoms with Gasteiger partial charge in [-0.15, -0.1) is 17.8 Å². The second kappa shape index (κ2) is 11.6. The summed E-state index contributed by atoms with van der Waals surface area (Å²) >= 11 is 7.48. The number of ether oxygens (including phenoxy) is 1. The zero-order valence-corrected chi connectivity index (χ0v) is 20.7. The lowest BCUT2D eigenvalue weighted by Gasteiger charge is -2.21. The van der Waals surface area contributed by atoms with Gasteiger partial charge in [-0.3, -0.25) is 9.69 Å². The summed E-state index contributed by atoms with van der Waals surface area (Å²) in [6.07, 6.45) is 8.83. The highest BCUT2D eigenvalue weighted by atomic mass is 35.5. The van der Waals surface area contributed by atoms with E-state index in [0.717, 1.165) is 29.1 Å². The van der Waals surface area contributed by atoms with Gasteiger partial charge in [0.1, 0.15) is 5.76 Å². The Balaban J connectivity index is 2.49. The molecule has 0 saturated carbocycles. The Morgan fingerprint density at radius 1 is 1.44 bits per heavy atom. The van der Waals surface area contributed by atoms with Gasteiger partial charge in [-0.1, -0.05) is 24.1 Å². The van der Waals surface area contributed by atoms with Crippen LogP contribution in [0, 0.1) is 19.3 Å². The molecule has 0 N–H and O–H groups in total. The Morgan fingerprint density at radius 3 is 2.75 bits per heavy atom. The van der Waals surface area contributed by atoms with Gasteiger partial charge in [0, 0.05) is 29.6 Å². The summed E-state index contributed by atoms with van der Waals surface area (Å²) in [6, 6.07) is 5.21. The van der Waals surface area contributed by atoms with Crippen molar-refractivity contribution in [3.8, 4) is 12.3 Å². The number of hydrogen-bond acceptors (Lipinski definition) is 5. The lowest BCUT2D eigenvalue weighted by atomic mass is 10.1. The zero-order valence-electron chi connectivity index (χ0n) is 19.1. The van der Waals surface area contributed by atoms with Crippen molar-refractivity contribution in [1.82, 2.24) is 9.88 Å². The van der Waals surface area contributed by atoms with Crippen LogP contribution in [0.15, 0.2) is 53.6 Å². The number of hydrogen-bond donors (Lipinski definition) is 0. The molecular weight excluding hydrogens is 442 g/mol. The van der Waals surface area contributed by atoms with Crippen LogP contribution in [0.1, 0.15) is 35.5 Å². The van der Waals surface area contributed by atoms with Crippen LogP contribution in [0.3, 0.4) is 0 Å². The Hall–Kier alpha value is -3.01. The number of amides is 1. The van der Waals surface area contributed by atoms with Crippen molar-refractivity contribution in [2.75, 3.05) is 32.1 Å². The van der Waals surface area contributed by atoms with E-state index in [1.165, 1.54) is 11.3 Å². The van der Waals surface area contributed by atoms with Gasteiger partial charge in [0.15, 0.2) is 5.13 Å². The van der Waals surface area contributed by atoms with Crippen LogP contribution in [0.2, 0.25) is 5.02 Å². The maximum absolute atomic E-state index is 13.5. The minimum absolute atomic E-state index is 0.181. The molecule has 0 atom stereocenters. The number of rotatable bonds is 9. The highest BCUT2D eigenvalue weighted by molar-refractivity contribution is 7.14. The normalized spacial score (nSPS) is 11.7. The molecule has 2 aromatic rings. The molecule has 0 aliphatic carbocycles. The second-order valence-corrected chi connectivity index (χ2v) is 8.39. The number of thiazole rings is 1. The third-order valence-electron chi connectivity index (χ3n) is 4.99. The first-order valence-electron chi connectivity index (χ1n) is 10.0. The quantitative estimate of drug-likeness (QED) is 0.265. The summed E-state index contributed by atoms with van der Waals surface area (Å²) in [4.78, 5) is 21.9. The molecule has 0 spiro atoms. The largest absolute Gasteiger partial charge is 0.497 e. The van der Waals surface area contributed by atoms with Gasteiger partial charge in [-0.25, -0.2) is 4.98 Å². The second-order valence-electron chi connectivity index (χ2n) is 7.12. The predicted molar refractivity (Wildman–Crippen MR) is 135 cm³/mol. The molecule has 1 amide bonds. The number of aryl methyl sites for hydroxylation is 1. The van der Waals surface area contributed by atoms with Gasteiger partial charge in [0.2, 0.25) is 0 Å². The van der Waals surface area contributed by atoms with E-state index in [0.29, 0.717) is 21.5 Å². The fourth-order valence-electron chi connectivity index (χ4n) is 2.94. The molecule has 0 bridgehead atoms. The van der Waals surface area contributed by atoms with E-state index >= 15 is 0 Å². The number of halogens is 1. The SMILES string of the molecule is C#C/C=C(C)\C(=C/CN(C(=O)c1ccc(Cl)cc1C)c1nc(C(=C)N(C)CC)cs1)OC. The van der Waals surface area contributed by atoms with Crippen molar-refractivity contribution in [2.45, 2.75) is 20.8 Å². The van der Waals surface area contributed by atoms with Crippen LogP contribution in [-0.4, -0.2) is 43.0 Å². The van der Waals surface area contributed by atoms with Crippen LogP contribution in [0.5, 0.6) is 0 Å². The Bertz CT molecular complexity index is 1090. The number of allylic oxidation sites excluding steroid dienone is 2. The van der Waals surface area contributed by atoms with E-state index < -0.39 is 0 Å². The van der Waals surface area contributed by atoms with Crippen molar-refractivity contribution in [3.63, 3.8) is 0 Å². The molecule has 5 nitrogen and oxygen atoms in total. The summed E-state index contributed by atoms with van der Waals surface area (Å²) in [5, 5.41) is 3.05. The molecule has 1 aromatic heterocycles. The van der Waals surface area contributed by atoms with Crippen LogP contribution in [-0.2, 0) is 4.74 Å². The van der Waals surface area contributed by atoms with E-state index in [4.69, 9.17) is 27.7 Å². The lowest BCUT2D eigenvalue weighted by molar-refractivity contribution is 0.0989. The van der Waals surface area contributed by atoms with Gasteiger partial charge in [-0.05, 0) is 62.3 Å². The summed E-state index contributed by atoms with van der Waals surface area (Å²) in [6.45, 7) is 10.9. The van der Waals surface area contributed by atoms with Crippen molar-refractivity contribution >= 4 is 39.7 Å². The predicted octanol–water partition coefficient (Wildman–Crippen LogP) is 5.78. The number of nitrogens with zero attached hydrogens (tertiary/aromatic N) is 3. The zero-order chi connectivity index (χ0) is 23.8. The summed E-state index contributed by atoms with van der Waals surface area (Å²) in [5.41, 5.74) is 3.67. The number of benzene rings is 1. The number of methoxy groups -OCH3 is 1. The first-order valence-corrected chi connectivity index (χ1v) is 11.3. The van der Waals surface area contributed by atoms with Gasteiger partial charge in [0.25, 0.3) is 5.91 Å². The van der Waals surface area contributed by atoms with Crippen molar-refractivity contribution in [1.29, 1.82) is 0 Å². The average molecular weight is 470 g/mol. The van der Waals surface area contributed by atoms with Gasteiger partial charge < -0.3 is 9.64 Å². The van der Waals surface area contributed by atoms with E-state index in [9.17, 15) is 4.79 Å². The minimum Gasteiger partial charge on any atom is -0.497 e. The number of terminal acetylenes is 1. The van der Waals surface area contributed by atoms with Gasteiger partial charge in [0.05, 0.1) is 25.0 Å². The standard InChI is InChI=1S/C25H28ClN3O2S/c1-8-10-17(3)23(31-7)13-14-29(24(30)21-12-11-20(26)15-18(21)4)25-27-22(16-32-25)19(5)28(6)9-2/h1,10-13,15-16H,5,9,14H2,2-4,6-7H3/b17-10-,23-13+. The van der Waals surface area contributed by atoms with Crippen LogP contribution < -0.4 is 4.90 Å². The van der Waals surface area contributed by atoms with E-state index in [1.54, 1.807) is 36.3 Å². The molecule has 2 rings (SSSR count). The van der Waals surface area contributed by atoms with Crippen LogP contribution >= 0.6 is 22.9 Å². The monoisotopic (exact) mass is 469 g/mol. The van der Waals surface area contributed by atoms with Crippen molar-refractivity contribution in [2.24, 2.45) is 0 Å². The summed E-state index contributed by atoms with van der Waals surface area (Å²) in [5.74, 6) is 2.91. The Morgan fingerprint density at radius 2 is 2.16 bits per heavy atom. The maximum atomic E-state index is 13.5. The minimum atomic E-state index is -0.181. The average Bonchev–Trinajstić information content (AvgIpc) is 3.25. The molecular formula is C25H28ClN3O2S. The smallest absolute Gasteiger partial charge is 0.260 e. The summed E-state index contributed by atoms with van der Waals surface area (Å²) in [7, 11) is 3.52. The van der Waals surface area contributed by atoms with Crippen LogP contribution in [0.25, 0.3) is 5.70 Å². The number of aromatic nitrogens is 1. The highest BCUT2D eigenvalue weighted by Gasteiger charge is 2.23. The van der Waals surface area contributed by atoms with Crippen molar-refractivity contribution < 1.29 is 9.53 Å². The molecule has 32 heavy (non-hydrogen) atoms. The molecule has 0 aliphatic rings. The highest BCUT2D eigenvalue weighted by Crippen LogP contribution is 2.28. The lowest BCUT2D eigenvalue weighted by Crippen LogP contribution is -2.32. The molecule has 0 radical (unpaired) electrons. The number of anilines is 1. The van der Waals surface area contributed by atoms with Crippen LogP contribution in [0.4, 0.5) is 5.13 Å². The fourth-order valence-corrected chi connectivity index (χ4v) is 4.01. The topological polar surface area (TPSA) is 45.7 Å². The Labute approximate surface area is 199 Å². The Kier molecular flexibility index (Phi) is 9.13. The molecule has 0 unspecified atom stereocenters. The van der Waals surface area contributed by atoms with E-state index in [-0.39, 0.29) is 12.5 Å². The molecule has 0 aliphatic heterocycles. The van der Waals surface area contributed by atoms with Gasteiger partial charge in [-0.2, -0.15) is 0 Å². The maximum Gasteiger partial charge on any atom is 0.260 e. The van der Waals surface area contributed by atoms with E-state index in [1.807, 2.05) is 44.2 Å². The first-order chi connectivity index (χ1) is 15.2. The number of carbonyl (C=O) groups excluding carboxylic acids is 1. The molecule has 168 valence electrons. The third kappa shape index (κ3) is 6.03. The summed E-state index contributed by atoms with van der Waals surface area (Å²) < 4.78 is 5.47. The van der Waals surface area contributed by atoms with Gasteiger partial charge >= 0.3 is 0 Å². The number of carbonyl (C=O) groups is 1. The fraction of sp³-hybridized carbons (Fsp3) is 0.280. The van der Waals surface area contributed by atoms with Crippen molar-refractivity contribution in [3.05, 3.63) is 75.5 Å². The molecule has 0 fully saturated rings. The third-order valence-corrected chi connectivity index (χ3v) is 6.08. The first kappa shape index (κ1) is 25.3. The molecule has 7 heteroatoms. The molecule has 1 heterocycles. The molecule has 0 saturated heterocycles.